The molecule has 106 valence electrons. The van der Waals surface area contributed by atoms with Gasteiger partial charge in [0, 0.05) is 16.4 Å². The lowest BCUT2D eigenvalue weighted by atomic mass is 10.1. The van der Waals surface area contributed by atoms with Gasteiger partial charge in [-0.1, -0.05) is 51.4 Å². The van der Waals surface area contributed by atoms with Crippen molar-refractivity contribution in [2.24, 2.45) is 0 Å². The van der Waals surface area contributed by atoms with E-state index >= 15 is 0 Å². The van der Waals surface area contributed by atoms with Crippen LogP contribution in [0.5, 0.6) is 0 Å². The maximum atomic E-state index is 12.2. The topological polar surface area (TPSA) is 55.1 Å². The first-order valence-corrected chi connectivity index (χ1v) is 7.67. The molecule has 0 radical (unpaired) electrons. The van der Waals surface area contributed by atoms with Crippen molar-refractivity contribution < 1.29 is 9.32 Å². The normalized spacial score (nSPS) is 10.7. The van der Waals surface area contributed by atoms with Crippen LogP contribution in [-0.2, 0) is 16.5 Å². The molecule has 0 aliphatic rings. The molecule has 1 amide bonds. The Morgan fingerprint density at radius 2 is 1.90 bits per heavy atom. The summed E-state index contributed by atoms with van der Waals surface area (Å²) in [4.78, 5) is 12.2. The average molecular weight is 345 g/mol. The van der Waals surface area contributed by atoms with Crippen LogP contribution >= 0.6 is 15.9 Å². The van der Waals surface area contributed by atoms with Crippen molar-refractivity contribution in [3.05, 3.63) is 59.8 Å². The van der Waals surface area contributed by atoms with Crippen LogP contribution in [-0.4, -0.2) is 11.1 Å². The molecule has 0 saturated heterocycles. The highest BCUT2D eigenvalue weighted by atomic mass is 79.9. The van der Waals surface area contributed by atoms with Crippen LogP contribution in [0.2, 0.25) is 0 Å². The van der Waals surface area contributed by atoms with Crippen molar-refractivity contribution in [3.63, 3.8) is 0 Å². The molecule has 1 N–H and O–H groups in total. The molecule has 0 spiro atoms. The van der Waals surface area contributed by atoms with Crippen LogP contribution in [0, 0.1) is 0 Å². The Hall–Kier alpha value is -2.14. The molecule has 5 heteroatoms. The van der Waals surface area contributed by atoms with E-state index < -0.39 is 0 Å². The number of nitrogens with one attached hydrogen (secondary N) is 1. The molecule has 3 rings (SSSR count). The minimum Gasteiger partial charge on any atom is -0.356 e. The third-order valence-corrected chi connectivity index (χ3v) is 3.82. The smallest absolute Gasteiger partial charge is 0.230 e. The fraction of sp³-hybridized carbons (Fsp3) is 0.125. The summed E-state index contributed by atoms with van der Waals surface area (Å²) in [5.41, 5.74) is 3.20. The number of benzene rings is 2. The van der Waals surface area contributed by atoms with E-state index in [9.17, 15) is 4.79 Å². The zero-order chi connectivity index (χ0) is 14.7. The minimum atomic E-state index is -0.109. The average Bonchev–Trinajstić information content (AvgIpc) is 2.91. The van der Waals surface area contributed by atoms with E-state index in [1.807, 2.05) is 48.5 Å². The van der Waals surface area contributed by atoms with Crippen LogP contribution < -0.4 is 5.32 Å². The Labute approximate surface area is 130 Å². The van der Waals surface area contributed by atoms with Gasteiger partial charge in [-0.15, -0.1) is 0 Å². The van der Waals surface area contributed by atoms with Gasteiger partial charge in [0.1, 0.15) is 5.69 Å². The molecule has 0 atom stereocenters. The predicted octanol–water partition coefficient (Wildman–Crippen LogP) is 3.90. The van der Waals surface area contributed by atoms with E-state index in [2.05, 4.69) is 26.4 Å². The second kappa shape index (κ2) is 6.10. The van der Waals surface area contributed by atoms with Gasteiger partial charge in [0.15, 0.2) is 5.58 Å². The molecule has 1 heterocycles. The molecular weight excluding hydrogens is 332 g/mol. The van der Waals surface area contributed by atoms with E-state index in [1.54, 1.807) is 0 Å². The van der Waals surface area contributed by atoms with Gasteiger partial charge in [-0.05, 0) is 23.8 Å². The molecule has 3 aromatic rings. The van der Waals surface area contributed by atoms with Gasteiger partial charge in [0.25, 0.3) is 0 Å². The SMILES string of the molecule is O=C(Cc1noc2ccccc12)Nc1ccccc1CBr. The van der Waals surface area contributed by atoms with Gasteiger partial charge in [0.2, 0.25) is 5.91 Å². The summed E-state index contributed by atoms with van der Waals surface area (Å²) in [5.74, 6) is -0.109. The first-order chi connectivity index (χ1) is 10.3. The third-order valence-electron chi connectivity index (χ3n) is 3.22. The number of amides is 1. The molecule has 0 aliphatic heterocycles. The molecule has 4 nitrogen and oxygen atoms in total. The largest absolute Gasteiger partial charge is 0.356 e. The van der Waals surface area contributed by atoms with Crippen molar-refractivity contribution in [2.75, 3.05) is 5.32 Å². The zero-order valence-corrected chi connectivity index (χ0v) is 12.8. The van der Waals surface area contributed by atoms with Gasteiger partial charge in [-0.25, -0.2) is 0 Å². The minimum absolute atomic E-state index is 0.109. The molecule has 0 aliphatic carbocycles. The zero-order valence-electron chi connectivity index (χ0n) is 11.2. The molecule has 0 bridgehead atoms. The maximum absolute atomic E-state index is 12.2. The van der Waals surface area contributed by atoms with Gasteiger partial charge in [-0.3, -0.25) is 4.79 Å². The van der Waals surface area contributed by atoms with Crippen LogP contribution in [0.15, 0.2) is 53.1 Å². The molecule has 0 saturated carbocycles. The van der Waals surface area contributed by atoms with E-state index in [-0.39, 0.29) is 12.3 Å². The van der Waals surface area contributed by atoms with Crippen LogP contribution in [0.3, 0.4) is 0 Å². The Morgan fingerprint density at radius 1 is 1.14 bits per heavy atom. The van der Waals surface area contributed by atoms with Crippen LogP contribution in [0.25, 0.3) is 11.0 Å². The Morgan fingerprint density at radius 3 is 2.76 bits per heavy atom. The molecule has 2 aromatic carbocycles. The van der Waals surface area contributed by atoms with Gasteiger partial charge in [0.05, 0.1) is 6.42 Å². The number of nitrogens with zero attached hydrogens (tertiary/aromatic N) is 1. The second-order valence-corrected chi connectivity index (χ2v) is 5.20. The van der Waals surface area contributed by atoms with Gasteiger partial charge in [-0.2, -0.15) is 0 Å². The van der Waals surface area contributed by atoms with Gasteiger partial charge < -0.3 is 9.84 Å². The van der Waals surface area contributed by atoms with Crippen LogP contribution in [0.1, 0.15) is 11.3 Å². The van der Waals surface area contributed by atoms with Crippen molar-refractivity contribution in [3.8, 4) is 0 Å². The van der Waals surface area contributed by atoms with Gasteiger partial charge >= 0.3 is 0 Å². The fourth-order valence-electron chi connectivity index (χ4n) is 2.17. The number of aromatic nitrogens is 1. The van der Waals surface area contributed by atoms with E-state index in [0.29, 0.717) is 16.6 Å². The standard InChI is InChI=1S/C16H13BrN2O2/c17-10-11-5-1-3-7-13(11)18-16(20)9-14-12-6-2-4-8-15(12)21-19-14/h1-8H,9-10H2,(H,18,20). The number of alkyl halides is 1. The number of fused-ring (bicyclic) bond motifs is 1. The van der Waals surface area contributed by atoms with E-state index in [0.717, 1.165) is 16.6 Å². The number of para-hydroxylation sites is 2. The third kappa shape index (κ3) is 2.97. The van der Waals surface area contributed by atoms with Crippen molar-refractivity contribution in [2.45, 2.75) is 11.8 Å². The van der Waals surface area contributed by atoms with Crippen LogP contribution in [0.4, 0.5) is 5.69 Å². The monoisotopic (exact) mass is 344 g/mol. The predicted molar refractivity (Wildman–Crippen MR) is 85.4 cm³/mol. The van der Waals surface area contributed by atoms with E-state index in [4.69, 9.17) is 4.52 Å². The Kier molecular flexibility index (Phi) is 4.01. The highest BCUT2D eigenvalue weighted by Crippen LogP contribution is 2.20. The molecule has 1 aromatic heterocycles. The Bertz CT molecular complexity index is 783. The number of carbonyl (C=O) groups is 1. The number of hydrogen-bond donors (Lipinski definition) is 1. The lowest BCUT2D eigenvalue weighted by Gasteiger charge is -2.08. The summed E-state index contributed by atoms with van der Waals surface area (Å²) in [6.07, 6.45) is 0.188. The summed E-state index contributed by atoms with van der Waals surface area (Å²) < 4.78 is 5.21. The highest BCUT2D eigenvalue weighted by Gasteiger charge is 2.13. The summed E-state index contributed by atoms with van der Waals surface area (Å²) >= 11 is 3.41. The number of carbonyl (C=O) groups excluding carboxylic acids is 1. The molecular formula is C16H13BrN2O2. The number of hydrogen-bond acceptors (Lipinski definition) is 3. The first-order valence-electron chi connectivity index (χ1n) is 6.55. The first kappa shape index (κ1) is 13.8. The second-order valence-electron chi connectivity index (χ2n) is 4.64. The van der Waals surface area contributed by atoms with Crippen molar-refractivity contribution in [1.29, 1.82) is 0 Å². The number of anilines is 1. The Balaban J connectivity index is 1.77. The van der Waals surface area contributed by atoms with Crippen molar-refractivity contribution in [1.82, 2.24) is 5.16 Å². The number of rotatable bonds is 4. The maximum Gasteiger partial charge on any atom is 0.230 e. The molecule has 21 heavy (non-hydrogen) atoms. The quantitative estimate of drug-likeness (QED) is 0.730. The number of halogens is 1. The molecule has 0 unspecified atom stereocenters. The summed E-state index contributed by atoms with van der Waals surface area (Å²) in [7, 11) is 0. The summed E-state index contributed by atoms with van der Waals surface area (Å²) in [6.45, 7) is 0. The lowest BCUT2D eigenvalue weighted by Crippen LogP contribution is -2.15. The lowest BCUT2D eigenvalue weighted by molar-refractivity contribution is -0.115. The highest BCUT2D eigenvalue weighted by molar-refractivity contribution is 9.08. The summed E-state index contributed by atoms with van der Waals surface area (Å²) in [5, 5.41) is 8.46. The fourth-order valence-corrected chi connectivity index (χ4v) is 2.66. The van der Waals surface area contributed by atoms with E-state index in [1.165, 1.54) is 0 Å². The molecule has 0 fully saturated rings. The van der Waals surface area contributed by atoms with Crippen molar-refractivity contribution >= 4 is 38.5 Å². The summed E-state index contributed by atoms with van der Waals surface area (Å²) in [6, 6.07) is 15.2.